The van der Waals surface area contributed by atoms with E-state index in [1.165, 1.54) is 0 Å². The molecule has 1 fully saturated rings. The van der Waals surface area contributed by atoms with E-state index in [9.17, 15) is 9.59 Å². The first-order valence-corrected chi connectivity index (χ1v) is 6.94. The number of aliphatic hydroxyl groups is 1. The van der Waals surface area contributed by atoms with Crippen molar-refractivity contribution in [2.45, 2.75) is 12.8 Å². The van der Waals surface area contributed by atoms with Crippen molar-refractivity contribution < 1.29 is 14.7 Å². The van der Waals surface area contributed by atoms with Gasteiger partial charge in [-0.1, -0.05) is 11.6 Å². The molecule has 0 aliphatic carbocycles. The van der Waals surface area contributed by atoms with E-state index in [1.54, 1.807) is 29.2 Å². The van der Waals surface area contributed by atoms with Crippen LogP contribution >= 0.6 is 11.6 Å². The van der Waals surface area contributed by atoms with Crippen LogP contribution in [0, 0.1) is 5.92 Å². The zero-order valence-electron chi connectivity index (χ0n) is 11.0. The Balaban J connectivity index is 1.96. The van der Waals surface area contributed by atoms with Crippen molar-refractivity contribution in [3.05, 3.63) is 29.3 Å². The minimum Gasteiger partial charge on any atom is -0.396 e. The van der Waals surface area contributed by atoms with Crippen molar-refractivity contribution in [3.63, 3.8) is 0 Å². The van der Waals surface area contributed by atoms with Crippen LogP contribution in [0.3, 0.4) is 0 Å². The summed E-state index contributed by atoms with van der Waals surface area (Å²) in [5.74, 6) is -0.533. The van der Waals surface area contributed by atoms with Crippen LogP contribution in [0.4, 0.5) is 5.69 Å². The molecule has 5 nitrogen and oxygen atoms in total. The van der Waals surface area contributed by atoms with Gasteiger partial charge in [-0.25, -0.2) is 0 Å². The van der Waals surface area contributed by atoms with Crippen LogP contribution < -0.4 is 10.2 Å². The molecule has 2 rings (SSSR count). The number of halogens is 1. The minimum atomic E-state index is -0.336. The molecule has 1 aromatic carbocycles. The minimum absolute atomic E-state index is 0.0424. The second kappa shape index (κ2) is 6.72. The molecule has 1 aliphatic rings. The molecule has 108 valence electrons. The summed E-state index contributed by atoms with van der Waals surface area (Å²) < 4.78 is 0. The van der Waals surface area contributed by atoms with Gasteiger partial charge in [0, 0.05) is 36.8 Å². The first-order chi connectivity index (χ1) is 9.61. The lowest BCUT2D eigenvalue weighted by atomic mass is 10.1. The van der Waals surface area contributed by atoms with Gasteiger partial charge in [-0.2, -0.15) is 0 Å². The van der Waals surface area contributed by atoms with E-state index in [-0.39, 0.29) is 30.8 Å². The van der Waals surface area contributed by atoms with Crippen LogP contribution in [0.15, 0.2) is 24.3 Å². The topological polar surface area (TPSA) is 69.6 Å². The molecule has 1 saturated heterocycles. The molecular formula is C14H17ClN2O3. The van der Waals surface area contributed by atoms with Crippen LogP contribution in [0.2, 0.25) is 5.02 Å². The fraction of sp³-hybridized carbons (Fsp3) is 0.429. The Morgan fingerprint density at radius 1 is 1.40 bits per heavy atom. The number of nitrogens with one attached hydrogen (secondary N) is 1. The molecule has 1 aliphatic heterocycles. The number of benzene rings is 1. The van der Waals surface area contributed by atoms with Crippen molar-refractivity contribution >= 4 is 29.1 Å². The van der Waals surface area contributed by atoms with Gasteiger partial charge in [0.2, 0.25) is 11.8 Å². The summed E-state index contributed by atoms with van der Waals surface area (Å²) in [7, 11) is 0. The Hall–Kier alpha value is -1.59. The van der Waals surface area contributed by atoms with Gasteiger partial charge in [-0.15, -0.1) is 0 Å². The monoisotopic (exact) mass is 296 g/mol. The first kappa shape index (κ1) is 14.8. The van der Waals surface area contributed by atoms with Gasteiger partial charge in [0.25, 0.3) is 0 Å². The molecule has 2 N–H and O–H groups in total. The summed E-state index contributed by atoms with van der Waals surface area (Å²) in [6, 6.07) is 6.98. The second-order valence-corrected chi connectivity index (χ2v) is 5.19. The summed E-state index contributed by atoms with van der Waals surface area (Å²) in [4.78, 5) is 25.5. The standard InChI is InChI=1S/C14H17ClN2O3/c15-11-2-4-12(5-3-11)17-9-10(8-13(17)19)14(20)16-6-1-7-18/h2-5,10,18H,1,6-9H2,(H,16,20). The molecule has 0 bridgehead atoms. The van der Waals surface area contributed by atoms with Crippen molar-refractivity contribution in [3.8, 4) is 0 Å². The van der Waals surface area contributed by atoms with E-state index in [0.717, 1.165) is 5.69 Å². The fourth-order valence-corrected chi connectivity index (χ4v) is 2.31. The Bertz CT molecular complexity index is 490. The van der Waals surface area contributed by atoms with E-state index in [0.29, 0.717) is 24.5 Å². The van der Waals surface area contributed by atoms with Gasteiger partial charge in [-0.3, -0.25) is 9.59 Å². The Labute approximate surface area is 122 Å². The molecule has 1 unspecified atom stereocenters. The number of hydrogen-bond donors (Lipinski definition) is 2. The number of carbonyl (C=O) groups excluding carboxylic acids is 2. The predicted molar refractivity (Wildman–Crippen MR) is 76.6 cm³/mol. The molecule has 6 heteroatoms. The van der Waals surface area contributed by atoms with Crippen LogP contribution in [0.25, 0.3) is 0 Å². The van der Waals surface area contributed by atoms with E-state index in [1.807, 2.05) is 0 Å². The van der Waals surface area contributed by atoms with E-state index >= 15 is 0 Å². The zero-order valence-corrected chi connectivity index (χ0v) is 11.8. The number of aliphatic hydroxyl groups excluding tert-OH is 1. The molecule has 0 saturated carbocycles. The quantitative estimate of drug-likeness (QED) is 0.802. The summed E-state index contributed by atoms with van der Waals surface area (Å²) in [6.07, 6.45) is 0.737. The van der Waals surface area contributed by atoms with Gasteiger partial charge >= 0.3 is 0 Å². The lowest BCUT2D eigenvalue weighted by Crippen LogP contribution is -2.33. The maximum atomic E-state index is 12.0. The predicted octanol–water partition coefficient (Wildman–Crippen LogP) is 1.19. The average Bonchev–Trinajstić information content (AvgIpc) is 2.82. The molecule has 0 aromatic heterocycles. The normalized spacial score (nSPS) is 18.4. The Morgan fingerprint density at radius 3 is 2.75 bits per heavy atom. The lowest BCUT2D eigenvalue weighted by Gasteiger charge is -2.16. The second-order valence-electron chi connectivity index (χ2n) is 4.75. The van der Waals surface area contributed by atoms with E-state index < -0.39 is 0 Å². The highest BCUT2D eigenvalue weighted by Crippen LogP contribution is 2.26. The number of anilines is 1. The molecular weight excluding hydrogens is 280 g/mol. The molecule has 0 spiro atoms. The molecule has 1 heterocycles. The Kier molecular flexibility index (Phi) is 4.98. The van der Waals surface area contributed by atoms with Crippen LogP contribution in [0.5, 0.6) is 0 Å². The maximum absolute atomic E-state index is 12.0. The van der Waals surface area contributed by atoms with Gasteiger partial charge < -0.3 is 15.3 Å². The highest BCUT2D eigenvalue weighted by molar-refractivity contribution is 6.30. The molecule has 0 radical (unpaired) electrons. The first-order valence-electron chi connectivity index (χ1n) is 6.56. The maximum Gasteiger partial charge on any atom is 0.227 e. The lowest BCUT2D eigenvalue weighted by molar-refractivity contribution is -0.126. The summed E-state index contributed by atoms with van der Waals surface area (Å²) in [5.41, 5.74) is 0.755. The number of amides is 2. The van der Waals surface area contributed by atoms with Crippen LogP contribution in [-0.4, -0.2) is 36.6 Å². The average molecular weight is 297 g/mol. The molecule has 1 aromatic rings. The summed E-state index contributed by atoms with van der Waals surface area (Å²) in [6.45, 7) is 0.854. The fourth-order valence-electron chi connectivity index (χ4n) is 2.19. The number of carbonyl (C=O) groups is 2. The third-order valence-electron chi connectivity index (χ3n) is 3.27. The van der Waals surface area contributed by atoms with Gasteiger partial charge in [-0.05, 0) is 30.7 Å². The van der Waals surface area contributed by atoms with Crippen molar-refractivity contribution in [2.75, 3.05) is 24.6 Å². The van der Waals surface area contributed by atoms with Gasteiger partial charge in [0.1, 0.15) is 0 Å². The van der Waals surface area contributed by atoms with E-state index in [4.69, 9.17) is 16.7 Å². The SMILES string of the molecule is O=C(NCCCO)C1CC(=O)N(c2ccc(Cl)cc2)C1. The molecule has 2 amide bonds. The Morgan fingerprint density at radius 2 is 2.10 bits per heavy atom. The zero-order chi connectivity index (χ0) is 14.5. The largest absolute Gasteiger partial charge is 0.396 e. The van der Waals surface area contributed by atoms with Gasteiger partial charge in [0.05, 0.1) is 5.92 Å². The highest BCUT2D eigenvalue weighted by Gasteiger charge is 2.34. The van der Waals surface area contributed by atoms with Crippen LogP contribution in [-0.2, 0) is 9.59 Å². The smallest absolute Gasteiger partial charge is 0.227 e. The molecule has 20 heavy (non-hydrogen) atoms. The van der Waals surface area contributed by atoms with E-state index in [2.05, 4.69) is 5.32 Å². The molecule has 1 atom stereocenters. The number of nitrogens with zero attached hydrogens (tertiary/aromatic N) is 1. The van der Waals surface area contributed by atoms with Crippen molar-refractivity contribution in [2.24, 2.45) is 5.92 Å². The number of rotatable bonds is 5. The van der Waals surface area contributed by atoms with Gasteiger partial charge in [0.15, 0.2) is 0 Å². The third-order valence-corrected chi connectivity index (χ3v) is 3.52. The summed E-state index contributed by atoms with van der Waals surface area (Å²) >= 11 is 5.82. The summed E-state index contributed by atoms with van der Waals surface area (Å²) in [5, 5.41) is 12.0. The van der Waals surface area contributed by atoms with Crippen LogP contribution in [0.1, 0.15) is 12.8 Å². The third kappa shape index (κ3) is 3.49. The van der Waals surface area contributed by atoms with Crippen molar-refractivity contribution in [1.82, 2.24) is 5.32 Å². The number of hydrogen-bond acceptors (Lipinski definition) is 3. The highest BCUT2D eigenvalue weighted by atomic mass is 35.5. The van der Waals surface area contributed by atoms with Crippen molar-refractivity contribution in [1.29, 1.82) is 0 Å².